The Morgan fingerprint density at radius 3 is 0.869 bits per heavy atom. The van der Waals surface area contributed by atoms with E-state index in [-0.39, 0.29) is 118 Å². The molecule has 4 aliphatic rings. The lowest BCUT2D eigenvalue weighted by Gasteiger charge is -2.31. The van der Waals surface area contributed by atoms with Crippen LogP contribution in [0.5, 0.6) is 23.0 Å². The quantitative estimate of drug-likeness (QED) is 0.0698. The highest BCUT2D eigenvalue weighted by atomic mass is 127. The van der Waals surface area contributed by atoms with Crippen molar-refractivity contribution in [1.82, 2.24) is 10.6 Å². The number of rotatable bonds is 12. The molecule has 0 saturated carbocycles. The van der Waals surface area contributed by atoms with Crippen molar-refractivity contribution in [2.45, 2.75) is 108 Å². The number of benzene rings is 4. The summed E-state index contributed by atoms with van der Waals surface area (Å²) in [6.45, 7) is 1.03. The molecular formula is C45H56ClF4IN2O8. The largest absolute Gasteiger partial charge is 0.487 e. The molecule has 8 unspecified atom stereocenters. The molecule has 336 valence electrons. The Balaban J connectivity index is 0.000000256. The van der Waals surface area contributed by atoms with E-state index < -0.39 is 24.4 Å². The first-order valence-electron chi connectivity index (χ1n) is 19.9. The molecule has 0 fully saturated rings. The van der Waals surface area contributed by atoms with Gasteiger partial charge >= 0.3 is 0 Å². The summed E-state index contributed by atoms with van der Waals surface area (Å²) in [4.78, 5) is 0. The monoisotopic (exact) mass is 990 g/mol. The lowest BCUT2D eigenvalue weighted by atomic mass is 9.98. The number of nitrogens with one attached hydrogen (secondary N) is 2. The number of aryl methyl sites for hydroxylation is 4. The van der Waals surface area contributed by atoms with Crippen LogP contribution in [-0.4, -0.2) is 95.4 Å². The second-order valence-corrected chi connectivity index (χ2v) is 15.4. The third kappa shape index (κ3) is 13.3. The second-order valence-electron chi connectivity index (χ2n) is 15.4. The Morgan fingerprint density at radius 1 is 0.443 bits per heavy atom. The Hall–Kier alpha value is -3.42. The maximum atomic E-state index is 13.3. The number of ether oxygens (including phenoxy) is 4. The maximum absolute atomic E-state index is 13.3. The van der Waals surface area contributed by atoms with Crippen molar-refractivity contribution in [2.75, 3.05) is 26.2 Å². The van der Waals surface area contributed by atoms with Crippen LogP contribution in [0, 0.1) is 23.3 Å². The molecule has 0 radical (unpaired) electrons. The zero-order valence-electron chi connectivity index (χ0n) is 32.8. The first kappa shape index (κ1) is 50.2. The van der Waals surface area contributed by atoms with Crippen molar-refractivity contribution in [3.8, 4) is 23.0 Å². The normalized spacial score (nSPS) is 21.5. The predicted molar refractivity (Wildman–Crippen MR) is 236 cm³/mol. The third-order valence-electron chi connectivity index (χ3n) is 11.1. The number of hydrogen-bond acceptors (Lipinski definition) is 10. The minimum absolute atomic E-state index is 0. The summed E-state index contributed by atoms with van der Waals surface area (Å²) >= 11 is 0. The van der Waals surface area contributed by atoms with Crippen molar-refractivity contribution in [3.63, 3.8) is 0 Å². The Labute approximate surface area is 377 Å². The van der Waals surface area contributed by atoms with Gasteiger partial charge in [0.15, 0.2) is 0 Å². The molecule has 4 heterocycles. The standard InChI is InChI=1S/2C22H25F2NO4.CH4.ClH.HI/c2*23-15-3-7-19-13(9-15)1-5-21(28-19)17(26)11-25-12-18(27)22-6-2-14-10-16(24)4-8-20(14)29-22;;;/h2*3-4,7-10,17-18,21-22,25-27H,1-2,5-6,11-12H2;1H4;2*1H. The van der Waals surface area contributed by atoms with Gasteiger partial charge in [0.2, 0.25) is 0 Å². The maximum Gasteiger partial charge on any atom is 0.126 e. The summed E-state index contributed by atoms with van der Waals surface area (Å²) in [6.07, 6.45) is 0.428. The molecule has 8 rings (SSSR count). The van der Waals surface area contributed by atoms with Crippen molar-refractivity contribution in [3.05, 3.63) is 118 Å². The highest BCUT2D eigenvalue weighted by Crippen LogP contribution is 2.32. The van der Waals surface area contributed by atoms with Gasteiger partial charge in [-0.15, -0.1) is 36.4 Å². The van der Waals surface area contributed by atoms with E-state index in [1.165, 1.54) is 48.5 Å². The van der Waals surface area contributed by atoms with Crippen molar-refractivity contribution in [1.29, 1.82) is 0 Å². The van der Waals surface area contributed by atoms with E-state index in [9.17, 15) is 38.0 Å². The van der Waals surface area contributed by atoms with E-state index >= 15 is 0 Å². The van der Waals surface area contributed by atoms with Gasteiger partial charge < -0.3 is 50.0 Å². The fourth-order valence-electron chi connectivity index (χ4n) is 7.88. The van der Waals surface area contributed by atoms with Crippen LogP contribution in [0.4, 0.5) is 17.6 Å². The number of aliphatic hydroxyl groups is 4. The average molecular weight is 991 g/mol. The molecule has 4 aromatic carbocycles. The Bertz CT molecular complexity index is 1740. The van der Waals surface area contributed by atoms with Crippen LogP contribution >= 0.6 is 36.4 Å². The molecule has 6 N–H and O–H groups in total. The van der Waals surface area contributed by atoms with Crippen LogP contribution in [0.2, 0.25) is 0 Å². The Morgan fingerprint density at radius 2 is 0.656 bits per heavy atom. The smallest absolute Gasteiger partial charge is 0.126 e. The van der Waals surface area contributed by atoms with E-state index in [2.05, 4.69) is 10.6 Å². The molecule has 4 aliphatic heterocycles. The molecular weight excluding hydrogens is 935 g/mol. The first-order chi connectivity index (χ1) is 28.0. The molecule has 4 aromatic rings. The van der Waals surface area contributed by atoms with Gasteiger partial charge in [-0.3, -0.25) is 0 Å². The minimum atomic E-state index is -0.753. The van der Waals surface area contributed by atoms with E-state index in [4.69, 9.17) is 18.9 Å². The van der Waals surface area contributed by atoms with Gasteiger partial charge in [-0.25, -0.2) is 17.6 Å². The highest BCUT2D eigenvalue weighted by Gasteiger charge is 2.31. The summed E-state index contributed by atoms with van der Waals surface area (Å²) in [6, 6.07) is 17.6. The van der Waals surface area contributed by atoms with Crippen LogP contribution in [-0.2, 0) is 25.7 Å². The summed E-state index contributed by atoms with van der Waals surface area (Å²) in [5, 5.41) is 47.8. The topological polar surface area (TPSA) is 142 Å². The SMILES string of the molecule is C.Cl.I.OC(CNCC(O)C1CCc2cc(F)ccc2O1)C1CCc2cc(F)ccc2O1.OC(CNCC(O)C1CCc2cc(F)ccc2O1)C1CCc2cc(F)ccc2O1. The fraction of sp³-hybridized carbons (Fsp3) is 0.467. The lowest BCUT2D eigenvalue weighted by Crippen LogP contribution is -2.46. The number of hydrogen-bond donors (Lipinski definition) is 6. The number of halogens is 6. The van der Waals surface area contributed by atoms with Crippen molar-refractivity contribution >= 4 is 36.4 Å². The first-order valence-corrected chi connectivity index (χ1v) is 19.9. The van der Waals surface area contributed by atoms with Gasteiger partial charge in [-0.1, -0.05) is 7.43 Å². The number of aliphatic hydroxyl groups excluding tert-OH is 4. The van der Waals surface area contributed by atoms with Crippen LogP contribution in [0.25, 0.3) is 0 Å². The van der Waals surface area contributed by atoms with Crippen molar-refractivity contribution < 1.29 is 56.9 Å². The zero-order chi connectivity index (χ0) is 40.8. The second kappa shape index (κ2) is 23.3. The van der Waals surface area contributed by atoms with Gasteiger partial charge in [-0.2, -0.15) is 0 Å². The van der Waals surface area contributed by atoms with E-state index in [0.717, 1.165) is 22.3 Å². The summed E-state index contributed by atoms with van der Waals surface area (Å²) in [7, 11) is 0. The summed E-state index contributed by atoms with van der Waals surface area (Å²) in [5.74, 6) is 1.25. The molecule has 8 atom stereocenters. The zero-order valence-corrected chi connectivity index (χ0v) is 35.9. The predicted octanol–water partition coefficient (Wildman–Crippen LogP) is 6.40. The lowest BCUT2D eigenvalue weighted by molar-refractivity contribution is 0.00889. The molecule has 0 spiro atoms. The van der Waals surface area contributed by atoms with Crippen LogP contribution in [0.1, 0.15) is 55.4 Å². The molecule has 61 heavy (non-hydrogen) atoms. The molecule has 0 aromatic heterocycles. The van der Waals surface area contributed by atoms with E-state index in [1.807, 2.05) is 0 Å². The van der Waals surface area contributed by atoms with Gasteiger partial charge in [0.1, 0.15) is 95.1 Å². The summed E-state index contributed by atoms with van der Waals surface area (Å²) in [5.41, 5.74) is 3.25. The molecule has 0 aliphatic carbocycles. The molecule has 0 saturated heterocycles. The Kier molecular flexibility index (Phi) is 19.2. The molecule has 16 heteroatoms. The van der Waals surface area contributed by atoms with E-state index in [0.29, 0.717) is 74.4 Å². The van der Waals surface area contributed by atoms with Crippen LogP contribution < -0.4 is 29.6 Å². The van der Waals surface area contributed by atoms with Crippen LogP contribution in [0.15, 0.2) is 72.8 Å². The minimum Gasteiger partial charge on any atom is -0.487 e. The van der Waals surface area contributed by atoms with Gasteiger partial charge in [0.05, 0.1) is 0 Å². The molecule has 0 bridgehead atoms. The average Bonchev–Trinajstić information content (AvgIpc) is 3.22. The van der Waals surface area contributed by atoms with E-state index in [1.54, 1.807) is 24.3 Å². The van der Waals surface area contributed by atoms with Crippen molar-refractivity contribution in [2.24, 2.45) is 0 Å². The molecule has 10 nitrogen and oxygen atoms in total. The van der Waals surface area contributed by atoms with Gasteiger partial charge in [0, 0.05) is 26.2 Å². The summed E-state index contributed by atoms with van der Waals surface area (Å²) < 4.78 is 76.3. The van der Waals surface area contributed by atoms with Gasteiger partial charge in [0.25, 0.3) is 0 Å². The molecule has 0 amide bonds. The number of fused-ring (bicyclic) bond motifs is 4. The van der Waals surface area contributed by atoms with Crippen LogP contribution in [0.3, 0.4) is 0 Å². The highest BCUT2D eigenvalue weighted by molar-refractivity contribution is 14.0. The fourth-order valence-corrected chi connectivity index (χ4v) is 7.88. The third-order valence-corrected chi connectivity index (χ3v) is 11.1. The van der Waals surface area contributed by atoms with Gasteiger partial charge in [-0.05, 0) is 146 Å².